The summed E-state index contributed by atoms with van der Waals surface area (Å²) >= 11 is 1.11. The van der Waals surface area contributed by atoms with Gasteiger partial charge in [0.2, 0.25) is 5.89 Å². The quantitative estimate of drug-likeness (QED) is 0.432. The molecule has 148 valence electrons. The van der Waals surface area contributed by atoms with Gasteiger partial charge in [-0.2, -0.15) is 0 Å². The van der Waals surface area contributed by atoms with Crippen molar-refractivity contribution in [2.75, 3.05) is 10.0 Å². The zero-order valence-electron chi connectivity index (χ0n) is 14.2. The number of anilines is 2. The Hall–Kier alpha value is -3.58. The fraction of sp³-hybridized carbons (Fsp3) is 0. The van der Waals surface area contributed by atoms with Gasteiger partial charge in [0, 0.05) is 5.56 Å². The van der Waals surface area contributed by atoms with Gasteiger partial charge in [0.15, 0.2) is 5.13 Å². The molecule has 0 bridgehead atoms. The Labute approximate surface area is 166 Å². The van der Waals surface area contributed by atoms with Gasteiger partial charge in [-0.05, 0) is 42.5 Å². The molecule has 3 N–H and O–H groups in total. The average molecular weight is 435 g/mol. The number of carbonyl (C=O) groups is 1. The number of hydrogen-bond acceptors (Lipinski definition) is 8. The minimum absolute atomic E-state index is 0.0462. The molecule has 0 atom stereocenters. The summed E-state index contributed by atoms with van der Waals surface area (Å²) in [7, 11) is -4.03. The van der Waals surface area contributed by atoms with Crippen molar-refractivity contribution < 1.29 is 27.1 Å². The number of fused-ring (bicyclic) bond motifs is 1. The monoisotopic (exact) mass is 435 g/mol. The molecule has 10 nitrogen and oxygen atoms in total. The summed E-state index contributed by atoms with van der Waals surface area (Å²) in [5.74, 6) is -0.519. The molecule has 2 aromatic carbocycles. The Bertz CT molecular complexity index is 1320. The molecule has 0 aliphatic carbocycles. The number of rotatable bonds is 5. The highest BCUT2D eigenvalue weighted by Crippen LogP contribution is 2.30. The SMILES string of the molecule is O=C(O)Nc1nc2ccc(-c3nnc(NS(=O)(=O)c4ccc(F)cc4)o3)cc2s1. The minimum Gasteiger partial charge on any atom is -0.465 e. The van der Waals surface area contributed by atoms with E-state index in [9.17, 15) is 17.6 Å². The Morgan fingerprint density at radius 3 is 2.62 bits per heavy atom. The number of carboxylic acid groups (broad SMARTS) is 1. The van der Waals surface area contributed by atoms with Crippen molar-refractivity contribution in [3.05, 3.63) is 48.3 Å². The number of halogens is 1. The molecule has 0 radical (unpaired) electrons. The van der Waals surface area contributed by atoms with E-state index in [1.54, 1.807) is 18.2 Å². The van der Waals surface area contributed by atoms with E-state index in [1.807, 2.05) is 0 Å². The Balaban J connectivity index is 1.58. The van der Waals surface area contributed by atoms with Gasteiger partial charge >= 0.3 is 12.1 Å². The number of thiazole rings is 1. The lowest BCUT2D eigenvalue weighted by Gasteiger charge is -2.03. The average Bonchev–Trinajstić information content (AvgIpc) is 3.26. The number of nitrogens with one attached hydrogen (secondary N) is 2. The summed E-state index contributed by atoms with van der Waals surface area (Å²) in [5.41, 5.74) is 1.06. The zero-order valence-corrected chi connectivity index (χ0v) is 15.8. The van der Waals surface area contributed by atoms with E-state index >= 15 is 0 Å². The van der Waals surface area contributed by atoms with Gasteiger partial charge in [-0.15, -0.1) is 5.10 Å². The molecule has 29 heavy (non-hydrogen) atoms. The van der Waals surface area contributed by atoms with Crippen LogP contribution in [0.4, 0.5) is 20.3 Å². The second-order valence-corrected chi connectivity index (χ2v) is 8.32. The van der Waals surface area contributed by atoms with Crippen LogP contribution < -0.4 is 10.0 Å². The Morgan fingerprint density at radius 2 is 1.90 bits per heavy atom. The van der Waals surface area contributed by atoms with Crippen LogP contribution in [0, 0.1) is 5.82 Å². The van der Waals surface area contributed by atoms with Crippen molar-refractivity contribution in [3.63, 3.8) is 0 Å². The maximum atomic E-state index is 13.0. The molecule has 0 aliphatic rings. The van der Waals surface area contributed by atoms with Gasteiger partial charge in [-0.3, -0.25) is 5.32 Å². The highest BCUT2D eigenvalue weighted by Gasteiger charge is 2.19. The summed E-state index contributed by atoms with van der Waals surface area (Å²) in [6.45, 7) is 0. The number of nitrogens with zero attached hydrogens (tertiary/aromatic N) is 3. The molecule has 1 amide bonds. The van der Waals surface area contributed by atoms with E-state index in [4.69, 9.17) is 9.52 Å². The Kier molecular flexibility index (Phi) is 4.60. The molecule has 4 aromatic rings. The standard InChI is InChI=1S/C16H10FN5O5S2/c17-9-2-4-10(5-3-9)29(25,26)22-14-21-20-13(27-14)8-1-6-11-12(7-8)28-15(18-11)19-16(23)24/h1-7H,(H,18,19)(H,21,22)(H,23,24). The first-order valence-corrected chi connectivity index (χ1v) is 10.1. The fourth-order valence-corrected chi connectivity index (χ4v) is 4.19. The van der Waals surface area contributed by atoms with Crippen molar-refractivity contribution in [1.29, 1.82) is 0 Å². The van der Waals surface area contributed by atoms with E-state index in [1.165, 1.54) is 0 Å². The maximum Gasteiger partial charge on any atom is 0.410 e. The lowest BCUT2D eigenvalue weighted by atomic mass is 10.2. The van der Waals surface area contributed by atoms with Crippen LogP contribution in [0.25, 0.3) is 21.7 Å². The second kappa shape index (κ2) is 7.10. The third kappa shape index (κ3) is 4.00. The van der Waals surface area contributed by atoms with Gasteiger partial charge in [0.1, 0.15) is 5.82 Å². The van der Waals surface area contributed by atoms with Crippen LogP contribution in [0.15, 0.2) is 51.8 Å². The molecule has 13 heteroatoms. The topological polar surface area (TPSA) is 147 Å². The van der Waals surface area contributed by atoms with Crippen LogP contribution in [0.1, 0.15) is 0 Å². The number of benzene rings is 2. The molecular weight excluding hydrogens is 425 g/mol. The van der Waals surface area contributed by atoms with Gasteiger partial charge in [-0.1, -0.05) is 16.4 Å². The van der Waals surface area contributed by atoms with Gasteiger partial charge in [0.25, 0.3) is 10.0 Å². The highest BCUT2D eigenvalue weighted by molar-refractivity contribution is 7.92. The van der Waals surface area contributed by atoms with E-state index in [-0.39, 0.29) is 21.9 Å². The first-order chi connectivity index (χ1) is 13.8. The molecule has 0 saturated heterocycles. The molecule has 0 spiro atoms. The fourth-order valence-electron chi connectivity index (χ4n) is 2.37. The molecule has 0 aliphatic heterocycles. The zero-order chi connectivity index (χ0) is 20.6. The third-order valence-electron chi connectivity index (χ3n) is 3.62. The van der Waals surface area contributed by atoms with E-state index in [2.05, 4.69) is 25.2 Å². The van der Waals surface area contributed by atoms with Crippen LogP contribution in [0.2, 0.25) is 0 Å². The number of aromatic nitrogens is 3. The van der Waals surface area contributed by atoms with Gasteiger partial charge in [0.05, 0.1) is 15.1 Å². The predicted octanol–water partition coefficient (Wildman–Crippen LogP) is 3.38. The third-order valence-corrected chi connectivity index (χ3v) is 5.89. The molecular formula is C16H10FN5O5S2. The molecule has 4 rings (SSSR count). The summed E-state index contributed by atoms with van der Waals surface area (Å²) in [6.07, 6.45) is -1.22. The first-order valence-electron chi connectivity index (χ1n) is 7.83. The summed E-state index contributed by atoms with van der Waals surface area (Å²) < 4.78 is 45.7. The Morgan fingerprint density at radius 1 is 1.14 bits per heavy atom. The second-order valence-electron chi connectivity index (χ2n) is 5.60. The van der Waals surface area contributed by atoms with Gasteiger partial charge < -0.3 is 9.52 Å². The van der Waals surface area contributed by atoms with Crippen molar-refractivity contribution >= 4 is 48.8 Å². The summed E-state index contributed by atoms with van der Waals surface area (Å²) in [5, 5.41) is 18.6. The lowest BCUT2D eigenvalue weighted by molar-refractivity contribution is 0.209. The van der Waals surface area contributed by atoms with Crippen LogP contribution >= 0.6 is 11.3 Å². The number of amides is 1. The number of hydrogen-bond donors (Lipinski definition) is 3. The lowest BCUT2D eigenvalue weighted by Crippen LogP contribution is -2.13. The number of sulfonamides is 1. The van der Waals surface area contributed by atoms with Crippen LogP contribution in [-0.2, 0) is 10.0 Å². The van der Waals surface area contributed by atoms with E-state index < -0.39 is 21.9 Å². The van der Waals surface area contributed by atoms with E-state index in [0.29, 0.717) is 15.8 Å². The smallest absolute Gasteiger partial charge is 0.410 e. The predicted molar refractivity (Wildman–Crippen MR) is 102 cm³/mol. The molecule has 2 heterocycles. The molecule has 0 fully saturated rings. The van der Waals surface area contributed by atoms with Crippen LogP contribution in [0.5, 0.6) is 0 Å². The largest absolute Gasteiger partial charge is 0.465 e. The highest BCUT2D eigenvalue weighted by atomic mass is 32.2. The molecule has 0 saturated carbocycles. The normalized spacial score (nSPS) is 11.5. The molecule has 0 unspecified atom stereocenters. The van der Waals surface area contributed by atoms with Crippen molar-refractivity contribution in [1.82, 2.24) is 15.2 Å². The molecule has 2 aromatic heterocycles. The summed E-state index contributed by atoms with van der Waals surface area (Å²) in [6, 6.07) is 8.81. The summed E-state index contributed by atoms with van der Waals surface area (Å²) in [4.78, 5) is 14.7. The minimum atomic E-state index is -4.03. The van der Waals surface area contributed by atoms with E-state index in [0.717, 1.165) is 35.6 Å². The van der Waals surface area contributed by atoms with Crippen molar-refractivity contribution in [3.8, 4) is 11.5 Å². The first kappa shape index (κ1) is 18.8. The van der Waals surface area contributed by atoms with Crippen LogP contribution in [0.3, 0.4) is 0 Å². The maximum absolute atomic E-state index is 13.0. The van der Waals surface area contributed by atoms with Crippen molar-refractivity contribution in [2.45, 2.75) is 4.90 Å². The van der Waals surface area contributed by atoms with Crippen LogP contribution in [-0.4, -0.2) is 34.8 Å². The van der Waals surface area contributed by atoms with Gasteiger partial charge in [-0.25, -0.2) is 27.3 Å². The van der Waals surface area contributed by atoms with Crippen molar-refractivity contribution in [2.24, 2.45) is 0 Å².